The van der Waals surface area contributed by atoms with Gasteiger partial charge in [0.05, 0.1) is 0 Å². The Morgan fingerprint density at radius 1 is 0.511 bits per heavy atom. The van der Waals surface area contributed by atoms with Gasteiger partial charge in [-0.05, 0) is 11.1 Å². The summed E-state index contributed by atoms with van der Waals surface area (Å²) < 4.78 is 0. The molecule has 6 rings (SSSR count). The largest absolute Gasteiger partial charge is 4.00 e. The molecule has 0 amide bonds. The van der Waals surface area contributed by atoms with Crippen LogP contribution in [-0.2, 0) is 25.8 Å². The molecule has 0 fully saturated rings. The van der Waals surface area contributed by atoms with Crippen LogP contribution >= 0.6 is 0 Å². The van der Waals surface area contributed by atoms with Crippen molar-refractivity contribution in [3.8, 4) is 22.3 Å². The van der Waals surface area contributed by atoms with E-state index < -0.39 is 0 Å². The van der Waals surface area contributed by atoms with Crippen LogP contribution in [0.1, 0.15) is 89.7 Å². The van der Waals surface area contributed by atoms with Crippen LogP contribution in [0.15, 0.2) is 121 Å². The van der Waals surface area contributed by atoms with Gasteiger partial charge < -0.3 is 13.3 Å². The first kappa shape index (κ1) is 40.1. The van der Waals surface area contributed by atoms with Crippen LogP contribution in [0.2, 0.25) is 0 Å². The first-order valence-electron chi connectivity index (χ1n) is 17.2. The number of rotatable bonds is 11. The van der Waals surface area contributed by atoms with Gasteiger partial charge in [0.1, 0.15) is 0 Å². The second-order valence-electron chi connectivity index (χ2n) is 12.8. The van der Waals surface area contributed by atoms with Crippen LogP contribution in [0.25, 0.3) is 43.8 Å². The summed E-state index contributed by atoms with van der Waals surface area (Å²) in [5, 5.41) is 5.37. The molecule has 1 heteroatoms. The predicted octanol–water partition coefficient (Wildman–Crippen LogP) is 14.6. The molecule has 0 unspecified atom stereocenters. The van der Waals surface area contributed by atoms with Crippen molar-refractivity contribution in [3.05, 3.63) is 146 Å². The molecule has 0 aromatic heterocycles. The summed E-state index contributed by atoms with van der Waals surface area (Å²) in [6, 6.07) is 43.1. The molecule has 6 aromatic carbocycles. The molecule has 0 spiro atoms. The van der Waals surface area contributed by atoms with Gasteiger partial charge in [-0.3, -0.25) is 0 Å². The summed E-state index contributed by atoms with van der Waals surface area (Å²) >= 11 is 0. The zero-order chi connectivity index (χ0) is 31.9. The van der Waals surface area contributed by atoms with Gasteiger partial charge in [-0.25, -0.2) is 0 Å². The van der Waals surface area contributed by atoms with Gasteiger partial charge in [0.15, 0.2) is 0 Å². The van der Waals surface area contributed by atoms with Crippen LogP contribution in [0.4, 0.5) is 0 Å². The summed E-state index contributed by atoms with van der Waals surface area (Å²) in [6.45, 7) is 11.0. The Kier molecular flexibility index (Phi) is 18.6. The van der Waals surface area contributed by atoms with Gasteiger partial charge >= 0.3 is 25.8 Å². The fraction of sp³-hybridized carbons (Fsp3) is 0.304. The molecule has 0 N–H and O–H groups in total. The maximum absolute atomic E-state index is 2.28. The molecule has 244 valence electrons. The van der Waals surface area contributed by atoms with Crippen molar-refractivity contribution in [2.24, 2.45) is 0 Å². The Morgan fingerprint density at radius 3 is 1.32 bits per heavy atom. The van der Waals surface area contributed by atoms with E-state index in [1.165, 1.54) is 113 Å². The second-order valence-corrected chi connectivity index (χ2v) is 12.8. The van der Waals surface area contributed by atoms with Crippen molar-refractivity contribution in [1.82, 2.24) is 0 Å². The van der Waals surface area contributed by atoms with E-state index in [-0.39, 0.29) is 33.3 Å². The van der Waals surface area contributed by atoms with Crippen molar-refractivity contribution in [2.45, 2.75) is 92.4 Å². The molecule has 47 heavy (non-hydrogen) atoms. The van der Waals surface area contributed by atoms with Crippen molar-refractivity contribution in [3.63, 3.8) is 0 Å². The maximum Gasteiger partial charge on any atom is 4.00 e. The van der Waals surface area contributed by atoms with Crippen LogP contribution in [0, 0.1) is 27.2 Å². The van der Waals surface area contributed by atoms with E-state index in [0.717, 1.165) is 0 Å². The number of hydrogen-bond donors (Lipinski definition) is 0. The average molecular weight is 787 g/mol. The van der Waals surface area contributed by atoms with Crippen LogP contribution in [-0.4, -0.2) is 0 Å². The second kappa shape index (κ2) is 21.8. The molecule has 0 bridgehead atoms. The third kappa shape index (κ3) is 12.8. The molecule has 0 radical (unpaired) electrons. The number of hydrogen-bond acceptors (Lipinski definition) is 0. The SMILES string of the molecule is CCCCCCCCCC[C-](C)C.Cc1cc2c(-c3ccccc3)cccc2[cH-]1.Cc1cc2c(-c3ccccc3)cccc2[cH-]1.[CH3-].[Hf+4]. The van der Waals surface area contributed by atoms with Crippen LogP contribution in [0.3, 0.4) is 0 Å². The Labute approximate surface area is 306 Å². The van der Waals surface area contributed by atoms with Crippen LogP contribution in [0.5, 0.6) is 0 Å². The Balaban J connectivity index is 0.000000242. The van der Waals surface area contributed by atoms with Crippen molar-refractivity contribution >= 4 is 21.5 Å². The quantitative estimate of drug-likeness (QED) is 0.0697. The third-order valence-corrected chi connectivity index (χ3v) is 8.49. The van der Waals surface area contributed by atoms with Gasteiger partial charge in [-0.15, -0.1) is 69.1 Å². The third-order valence-electron chi connectivity index (χ3n) is 8.49. The van der Waals surface area contributed by atoms with E-state index in [1.807, 2.05) is 0 Å². The minimum atomic E-state index is 0. The van der Waals surface area contributed by atoms with Crippen molar-refractivity contribution < 1.29 is 25.8 Å². The number of aryl methyl sites for hydroxylation is 2. The van der Waals surface area contributed by atoms with Crippen LogP contribution < -0.4 is 0 Å². The summed E-state index contributed by atoms with van der Waals surface area (Å²) in [4.78, 5) is 0. The van der Waals surface area contributed by atoms with Crippen molar-refractivity contribution in [2.75, 3.05) is 0 Å². The van der Waals surface area contributed by atoms with E-state index in [9.17, 15) is 0 Å². The monoisotopic (exact) mass is 788 g/mol. The first-order chi connectivity index (χ1) is 22.0. The van der Waals surface area contributed by atoms with Crippen molar-refractivity contribution in [1.29, 1.82) is 0 Å². The van der Waals surface area contributed by atoms with E-state index in [1.54, 1.807) is 5.92 Å². The number of benzene rings is 4. The molecule has 0 aliphatic heterocycles. The Bertz CT molecular complexity index is 1550. The maximum atomic E-state index is 2.28. The molecule has 0 heterocycles. The molecule has 6 aromatic rings. The zero-order valence-electron chi connectivity index (χ0n) is 29.9. The smallest absolute Gasteiger partial charge is 0.358 e. The van der Waals surface area contributed by atoms with Gasteiger partial charge in [0, 0.05) is 0 Å². The van der Waals surface area contributed by atoms with Gasteiger partial charge in [-0.2, -0.15) is 32.4 Å². The minimum Gasteiger partial charge on any atom is -0.358 e. The first-order valence-corrected chi connectivity index (χ1v) is 17.2. The summed E-state index contributed by atoms with van der Waals surface area (Å²) in [5.74, 6) is 1.59. The average Bonchev–Trinajstić information content (AvgIpc) is 3.64. The topological polar surface area (TPSA) is 0 Å². The zero-order valence-corrected chi connectivity index (χ0v) is 33.5. The molecule has 0 aliphatic rings. The summed E-state index contributed by atoms with van der Waals surface area (Å²) in [6.07, 6.45) is 12.8. The normalized spacial score (nSPS) is 10.4. The number of fused-ring (bicyclic) bond motifs is 2. The van der Waals surface area contributed by atoms with E-state index in [2.05, 4.69) is 156 Å². The molecular weight excluding hydrogens is 731 g/mol. The standard InChI is InChI=1S/2C16H13.C13H27.CH3.Hf/c2*1-12-10-14-8-5-9-15(16(14)11-12)13-6-3-2-4-7-13;1-4-5-6-7-8-9-10-11-12-13(2)3;;/h2*2-11H,1H3;4-12H2,1-3H3;1H3;/q4*-1;+4. The van der Waals surface area contributed by atoms with Gasteiger partial charge in [0.25, 0.3) is 0 Å². The molecule has 0 saturated carbocycles. The van der Waals surface area contributed by atoms with Gasteiger partial charge in [-0.1, -0.05) is 156 Å². The molecule has 0 atom stereocenters. The Hall–Kier alpha value is -3.03. The van der Waals surface area contributed by atoms with E-state index in [4.69, 9.17) is 0 Å². The Morgan fingerprint density at radius 2 is 0.915 bits per heavy atom. The van der Waals surface area contributed by atoms with Gasteiger partial charge in [0.2, 0.25) is 0 Å². The summed E-state index contributed by atoms with van der Waals surface area (Å²) in [5.41, 5.74) is 7.89. The number of unbranched alkanes of at least 4 members (excludes halogenated alkanes) is 7. The molecule has 0 saturated heterocycles. The molecule has 0 aliphatic carbocycles. The minimum absolute atomic E-state index is 0. The molecular formula is C46H56Hf. The predicted molar refractivity (Wildman–Crippen MR) is 208 cm³/mol. The summed E-state index contributed by atoms with van der Waals surface area (Å²) in [7, 11) is 0. The fourth-order valence-corrected chi connectivity index (χ4v) is 6.12. The van der Waals surface area contributed by atoms with E-state index in [0.29, 0.717) is 0 Å². The van der Waals surface area contributed by atoms with E-state index >= 15 is 0 Å². The fourth-order valence-electron chi connectivity index (χ4n) is 6.12. The molecule has 0 nitrogen and oxygen atoms in total.